The molecule has 2 aromatic rings. The van der Waals surface area contributed by atoms with E-state index in [-0.39, 0.29) is 11.6 Å². The maximum Gasteiger partial charge on any atom is 0.306 e. The van der Waals surface area contributed by atoms with Gasteiger partial charge in [0.25, 0.3) is 5.78 Å². The van der Waals surface area contributed by atoms with E-state index in [0.717, 1.165) is 4.90 Å². The minimum absolute atomic E-state index is 0.0980. The number of halogens is 1. The van der Waals surface area contributed by atoms with Crippen molar-refractivity contribution in [2.45, 2.75) is 0 Å². The fraction of sp³-hybridized carbons (Fsp3) is 0. The van der Waals surface area contributed by atoms with Crippen molar-refractivity contribution < 1.29 is 18.8 Å². The van der Waals surface area contributed by atoms with Crippen LogP contribution in [0.4, 0.5) is 11.6 Å². The number of rotatable bonds is 2. The van der Waals surface area contributed by atoms with E-state index in [2.05, 4.69) is 15.9 Å². The molecule has 2 heterocycles. The fourth-order valence-corrected chi connectivity index (χ4v) is 2.32. The van der Waals surface area contributed by atoms with Gasteiger partial charge in [0, 0.05) is 10.5 Å². The number of benzene rings is 1. The van der Waals surface area contributed by atoms with E-state index in [4.69, 9.17) is 4.42 Å². The van der Waals surface area contributed by atoms with Crippen molar-refractivity contribution in [3.8, 4) is 0 Å². The molecule has 3 rings (SSSR count). The molecule has 0 radical (unpaired) electrons. The van der Waals surface area contributed by atoms with E-state index in [1.807, 2.05) is 0 Å². The number of anilines is 2. The lowest BCUT2D eigenvalue weighted by molar-refractivity contribution is -0.113. The van der Waals surface area contributed by atoms with Gasteiger partial charge in [-0.25, -0.2) is 4.90 Å². The second kappa shape index (κ2) is 4.17. The number of carbonyl (C=O) groups excluding carboxylic acids is 3. The number of carbonyl (C=O) groups is 3. The van der Waals surface area contributed by atoms with Crippen LogP contribution in [0.15, 0.2) is 39.2 Å². The Hall–Kier alpha value is -2.21. The van der Waals surface area contributed by atoms with Crippen LogP contribution >= 0.6 is 15.9 Å². The normalized spacial score (nSPS) is 13.8. The van der Waals surface area contributed by atoms with E-state index in [0.29, 0.717) is 22.0 Å². The molecule has 0 saturated heterocycles. The fourth-order valence-electron chi connectivity index (χ4n) is 1.96. The number of ketones is 1. The molecule has 1 aliphatic heterocycles. The Balaban J connectivity index is 2.16. The Kier molecular flexibility index (Phi) is 2.60. The lowest BCUT2D eigenvalue weighted by atomic mass is 10.1. The van der Waals surface area contributed by atoms with Crippen molar-refractivity contribution in [3.05, 3.63) is 46.1 Å². The number of Topliss-reactive ketones (excluding diaryl/α,β-unsaturated/α-hetero) is 1. The molecular formula is C13H6BrNO4. The Morgan fingerprint density at radius 3 is 2.63 bits per heavy atom. The zero-order valence-corrected chi connectivity index (χ0v) is 11.0. The van der Waals surface area contributed by atoms with E-state index in [1.165, 1.54) is 12.1 Å². The summed E-state index contributed by atoms with van der Waals surface area (Å²) >= 11 is 3.25. The first-order valence-corrected chi connectivity index (χ1v) is 6.14. The molecule has 1 aromatic carbocycles. The molecule has 0 unspecified atom stereocenters. The van der Waals surface area contributed by atoms with Crippen LogP contribution in [0.5, 0.6) is 0 Å². The summed E-state index contributed by atoms with van der Waals surface area (Å²) in [5.74, 6) is -1.04. The van der Waals surface area contributed by atoms with Gasteiger partial charge in [0.1, 0.15) is 0 Å². The first kappa shape index (κ1) is 11.9. The molecule has 5 nitrogen and oxygen atoms in total. The van der Waals surface area contributed by atoms with E-state index < -0.39 is 11.7 Å². The van der Waals surface area contributed by atoms with Crippen molar-refractivity contribution in [1.82, 2.24) is 0 Å². The highest BCUT2D eigenvalue weighted by Crippen LogP contribution is 2.37. The number of fused-ring (bicyclic) bond motifs is 1. The highest BCUT2D eigenvalue weighted by atomic mass is 79.9. The third-order valence-electron chi connectivity index (χ3n) is 2.79. The number of nitrogens with zero attached hydrogens (tertiary/aromatic N) is 1. The summed E-state index contributed by atoms with van der Waals surface area (Å²) in [6.07, 6.45) is 0.536. The van der Waals surface area contributed by atoms with Crippen LogP contribution in [0.3, 0.4) is 0 Å². The van der Waals surface area contributed by atoms with Gasteiger partial charge >= 0.3 is 5.91 Å². The summed E-state index contributed by atoms with van der Waals surface area (Å²) in [7, 11) is 0. The van der Waals surface area contributed by atoms with Gasteiger partial charge in [-0.15, -0.1) is 0 Å². The quantitative estimate of drug-likeness (QED) is 0.630. The van der Waals surface area contributed by atoms with Crippen LogP contribution in [-0.4, -0.2) is 18.0 Å². The average Bonchev–Trinajstić information content (AvgIpc) is 2.96. The van der Waals surface area contributed by atoms with Gasteiger partial charge in [0.05, 0.1) is 11.3 Å². The van der Waals surface area contributed by atoms with Crippen molar-refractivity contribution in [2.24, 2.45) is 0 Å². The topological polar surface area (TPSA) is 67.6 Å². The van der Waals surface area contributed by atoms with Crippen molar-refractivity contribution in [1.29, 1.82) is 0 Å². The highest BCUT2D eigenvalue weighted by Gasteiger charge is 2.38. The Morgan fingerprint density at radius 2 is 1.95 bits per heavy atom. The predicted octanol–water partition coefficient (Wildman–Crippen LogP) is 2.72. The molecule has 0 aliphatic carbocycles. The van der Waals surface area contributed by atoms with Gasteiger partial charge in [0.2, 0.25) is 5.88 Å². The highest BCUT2D eigenvalue weighted by molar-refractivity contribution is 9.10. The molecule has 0 N–H and O–H groups in total. The lowest BCUT2D eigenvalue weighted by Crippen LogP contribution is -2.24. The molecular weight excluding hydrogens is 314 g/mol. The first-order valence-electron chi connectivity index (χ1n) is 5.35. The predicted molar refractivity (Wildman–Crippen MR) is 69.7 cm³/mol. The Bertz CT molecular complexity index is 719. The number of aldehydes is 1. The van der Waals surface area contributed by atoms with Gasteiger partial charge in [-0.05, 0) is 24.3 Å². The first-order chi connectivity index (χ1) is 9.11. The molecule has 1 aromatic heterocycles. The molecule has 19 heavy (non-hydrogen) atoms. The molecule has 0 saturated carbocycles. The molecule has 1 aliphatic rings. The van der Waals surface area contributed by atoms with Crippen molar-refractivity contribution >= 4 is 45.5 Å². The molecule has 0 fully saturated rings. The lowest BCUT2D eigenvalue weighted by Gasteiger charge is -2.12. The van der Waals surface area contributed by atoms with Gasteiger partial charge in [0.15, 0.2) is 12.0 Å². The van der Waals surface area contributed by atoms with Crippen LogP contribution in [0.25, 0.3) is 0 Å². The summed E-state index contributed by atoms with van der Waals surface area (Å²) in [5, 5.41) is 0. The number of furan rings is 1. The monoisotopic (exact) mass is 319 g/mol. The molecule has 6 heteroatoms. The molecule has 94 valence electrons. The maximum absolute atomic E-state index is 12.0. The smallest absolute Gasteiger partial charge is 0.306 e. The van der Waals surface area contributed by atoms with Gasteiger partial charge in [-0.3, -0.25) is 14.4 Å². The SMILES string of the molecule is O=Cc1ccc(N2C(=O)C(=O)c3cc(Br)ccc32)o1. The third kappa shape index (κ3) is 1.72. The molecule has 0 bridgehead atoms. The standard InChI is InChI=1S/C13H6BrNO4/c14-7-1-3-10-9(5-7)12(17)13(18)15(10)11-4-2-8(6-16)19-11/h1-6H. The van der Waals surface area contributed by atoms with E-state index >= 15 is 0 Å². The van der Waals surface area contributed by atoms with Crippen molar-refractivity contribution in [3.63, 3.8) is 0 Å². The molecule has 0 spiro atoms. The minimum atomic E-state index is -0.695. The summed E-state index contributed by atoms with van der Waals surface area (Å²) < 4.78 is 5.91. The second-order valence-electron chi connectivity index (χ2n) is 3.93. The average molecular weight is 320 g/mol. The van der Waals surface area contributed by atoms with Gasteiger partial charge in [-0.2, -0.15) is 0 Å². The number of hydrogen-bond donors (Lipinski definition) is 0. The van der Waals surface area contributed by atoms with E-state index in [1.54, 1.807) is 18.2 Å². The molecule has 0 atom stereocenters. The van der Waals surface area contributed by atoms with Crippen molar-refractivity contribution in [2.75, 3.05) is 4.90 Å². The molecule has 1 amide bonds. The maximum atomic E-state index is 12.0. The second-order valence-corrected chi connectivity index (χ2v) is 4.84. The summed E-state index contributed by atoms with van der Waals surface area (Å²) in [5.41, 5.74) is 0.758. The third-order valence-corrected chi connectivity index (χ3v) is 3.28. The Labute approximate surface area is 115 Å². The summed E-state index contributed by atoms with van der Waals surface area (Å²) in [6, 6.07) is 7.87. The van der Waals surface area contributed by atoms with Crippen LogP contribution < -0.4 is 4.90 Å². The number of hydrogen-bond acceptors (Lipinski definition) is 4. The zero-order valence-electron chi connectivity index (χ0n) is 9.42. The largest absolute Gasteiger partial charge is 0.437 e. The Morgan fingerprint density at radius 1 is 1.16 bits per heavy atom. The number of amides is 1. The van der Waals surface area contributed by atoms with Gasteiger partial charge < -0.3 is 4.42 Å². The van der Waals surface area contributed by atoms with Crippen LogP contribution in [0.2, 0.25) is 0 Å². The van der Waals surface area contributed by atoms with Crippen LogP contribution in [0, 0.1) is 0 Å². The van der Waals surface area contributed by atoms with Crippen LogP contribution in [-0.2, 0) is 4.79 Å². The zero-order chi connectivity index (χ0) is 13.6. The van der Waals surface area contributed by atoms with Gasteiger partial charge in [-0.1, -0.05) is 15.9 Å². The summed E-state index contributed by atoms with van der Waals surface area (Å²) in [6.45, 7) is 0. The minimum Gasteiger partial charge on any atom is -0.437 e. The summed E-state index contributed by atoms with van der Waals surface area (Å²) in [4.78, 5) is 35.6. The van der Waals surface area contributed by atoms with Crippen LogP contribution in [0.1, 0.15) is 20.9 Å². The van der Waals surface area contributed by atoms with E-state index in [9.17, 15) is 14.4 Å².